The van der Waals surface area contributed by atoms with Crippen molar-refractivity contribution in [2.75, 3.05) is 10.7 Å². The van der Waals surface area contributed by atoms with Crippen molar-refractivity contribution in [1.29, 1.82) is 0 Å². The normalized spacial score (nSPS) is 10.3. The van der Waals surface area contributed by atoms with Crippen molar-refractivity contribution in [3.05, 3.63) is 79.5 Å². The van der Waals surface area contributed by atoms with Crippen LogP contribution in [0, 0.1) is 17.0 Å². The van der Waals surface area contributed by atoms with Gasteiger partial charge in [-0.05, 0) is 48.9 Å². The minimum atomic E-state index is -0.643. The maximum absolute atomic E-state index is 12.2. The highest BCUT2D eigenvalue weighted by Crippen LogP contribution is 2.32. The van der Waals surface area contributed by atoms with Gasteiger partial charge in [-0.25, -0.2) is 9.97 Å². The fourth-order valence-corrected chi connectivity index (χ4v) is 2.82. The van der Waals surface area contributed by atoms with Crippen LogP contribution in [0.25, 0.3) is 0 Å². The van der Waals surface area contributed by atoms with Crippen LogP contribution in [0.4, 0.5) is 23.0 Å². The van der Waals surface area contributed by atoms with Crippen LogP contribution < -0.4 is 16.2 Å². The molecule has 3 rings (SSSR count). The first-order valence-corrected chi connectivity index (χ1v) is 9.36. The summed E-state index contributed by atoms with van der Waals surface area (Å²) in [5.74, 6) is -0.695. The summed E-state index contributed by atoms with van der Waals surface area (Å²) in [6, 6.07) is 11.7. The number of carbonyl (C=O) groups is 1. The van der Waals surface area contributed by atoms with Crippen molar-refractivity contribution < 1.29 is 9.72 Å². The number of anilines is 3. The molecule has 0 atom stereocenters. The van der Waals surface area contributed by atoms with E-state index in [0.717, 1.165) is 16.4 Å². The van der Waals surface area contributed by atoms with Gasteiger partial charge >= 0.3 is 5.69 Å². The van der Waals surface area contributed by atoms with Crippen LogP contribution in [0.5, 0.6) is 0 Å². The largest absolute Gasteiger partial charge is 0.355 e. The van der Waals surface area contributed by atoms with Gasteiger partial charge in [0.05, 0.1) is 4.92 Å². The van der Waals surface area contributed by atoms with E-state index in [1.54, 1.807) is 42.5 Å². The van der Waals surface area contributed by atoms with Gasteiger partial charge in [-0.3, -0.25) is 25.8 Å². The number of carbonyl (C=O) groups excluding carboxylic acids is 1. The molecule has 0 saturated heterocycles. The summed E-state index contributed by atoms with van der Waals surface area (Å²) >= 11 is 9.29. The van der Waals surface area contributed by atoms with Gasteiger partial charge in [0.15, 0.2) is 0 Å². The molecule has 0 aliphatic rings. The predicted molar refractivity (Wildman–Crippen MR) is 113 cm³/mol. The summed E-state index contributed by atoms with van der Waals surface area (Å²) in [4.78, 5) is 31.1. The smallest absolute Gasteiger partial charge is 0.334 e. The van der Waals surface area contributed by atoms with E-state index in [2.05, 4.69) is 42.1 Å². The van der Waals surface area contributed by atoms with Gasteiger partial charge in [0.25, 0.3) is 5.91 Å². The van der Waals surface area contributed by atoms with Gasteiger partial charge in [-0.15, -0.1) is 0 Å². The third-order valence-corrected chi connectivity index (χ3v) is 4.62. The molecule has 0 spiro atoms. The Labute approximate surface area is 178 Å². The first-order valence-electron chi connectivity index (χ1n) is 8.19. The standard InChI is InChI=1S/C18H14BrClN6O3/c1-10-2-7-13(20)8-14(10)23-16-15(26(28)29)17(22-9-21-16)24-25-18(27)11-3-5-12(19)6-4-11/h2-9H,1H3,(H,25,27)(H2,21,22,23,24). The molecular formula is C18H14BrClN6O3. The van der Waals surface area contributed by atoms with Gasteiger partial charge in [0, 0.05) is 20.7 Å². The Kier molecular flexibility index (Phi) is 6.25. The zero-order valence-electron chi connectivity index (χ0n) is 14.9. The lowest BCUT2D eigenvalue weighted by molar-refractivity contribution is -0.383. The number of hydrazine groups is 1. The summed E-state index contributed by atoms with van der Waals surface area (Å²) < 4.78 is 0.820. The number of aryl methyl sites for hydroxylation is 1. The van der Waals surface area contributed by atoms with Crippen molar-refractivity contribution in [2.45, 2.75) is 6.92 Å². The van der Waals surface area contributed by atoms with Gasteiger partial charge in [-0.1, -0.05) is 33.6 Å². The lowest BCUT2D eigenvalue weighted by Crippen LogP contribution is -2.30. The van der Waals surface area contributed by atoms with E-state index in [0.29, 0.717) is 16.3 Å². The number of hydrogen-bond acceptors (Lipinski definition) is 7. The molecule has 0 radical (unpaired) electrons. The Balaban J connectivity index is 1.85. The molecule has 3 aromatic rings. The molecule has 0 aliphatic carbocycles. The molecule has 29 heavy (non-hydrogen) atoms. The second-order valence-corrected chi connectivity index (χ2v) is 7.20. The Hall–Kier alpha value is -3.24. The van der Waals surface area contributed by atoms with E-state index in [9.17, 15) is 14.9 Å². The number of halogens is 2. The zero-order valence-corrected chi connectivity index (χ0v) is 17.3. The Bertz CT molecular complexity index is 1080. The van der Waals surface area contributed by atoms with Gasteiger partial charge < -0.3 is 5.32 Å². The average molecular weight is 478 g/mol. The van der Waals surface area contributed by atoms with E-state index in [4.69, 9.17) is 11.6 Å². The molecule has 148 valence electrons. The number of nitrogens with zero attached hydrogens (tertiary/aromatic N) is 3. The second-order valence-electron chi connectivity index (χ2n) is 5.85. The number of benzene rings is 2. The quantitative estimate of drug-likeness (QED) is 0.350. The van der Waals surface area contributed by atoms with Crippen LogP contribution in [-0.4, -0.2) is 20.8 Å². The van der Waals surface area contributed by atoms with Crippen molar-refractivity contribution in [1.82, 2.24) is 15.4 Å². The van der Waals surface area contributed by atoms with E-state index in [1.807, 2.05) is 6.92 Å². The summed E-state index contributed by atoms with van der Waals surface area (Å²) in [5.41, 5.74) is 6.20. The second kappa shape index (κ2) is 8.84. The lowest BCUT2D eigenvalue weighted by atomic mass is 10.2. The summed E-state index contributed by atoms with van der Waals surface area (Å²) in [7, 11) is 0. The first kappa shape index (κ1) is 20.5. The monoisotopic (exact) mass is 476 g/mol. The zero-order chi connectivity index (χ0) is 21.0. The Morgan fingerprint density at radius 2 is 1.83 bits per heavy atom. The predicted octanol–water partition coefficient (Wildman–Crippen LogP) is 4.61. The molecular weight excluding hydrogens is 464 g/mol. The number of amides is 1. The third-order valence-electron chi connectivity index (χ3n) is 3.86. The minimum Gasteiger partial charge on any atom is -0.334 e. The molecule has 9 nitrogen and oxygen atoms in total. The maximum Gasteiger partial charge on any atom is 0.355 e. The van der Waals surface area contributed by atoms with Crippen LogP contribution in [0.1, 0.15) is 15.9 Å². The molecule has 1 aromatic heterocycles. The molecule has 0 fully saturated rings. The van der Waals surface area contributed by atoms with Crippen LogP contribution in [-0.2, 0) is 0 Å². The molecule has 0 aliphatic heterocycles. The fraction of sp³-hybridized carbons (Fsp3) is 0.0556. The van der Waals surface area contributed by atoms with Crippen LogP contribution >= 0.6 is 27.5 Å². The minimum absolute atomic E-state index is 0.0456. The Morgan fingerprint density at radius 3 is 2.52 bits per heavy atom. The molecule has 2 aromatic carbocycles. The number of rotatable bonds is 6. The fourth-order valence-electron chi connectivity index (χ4n) is 2.38. The van der Waals surface area contributed by atoms with E-state index < -0.39 is 16.5 Å². The van der Waals surface area contributed by atoms with Crippen LogP contribution in [0.15, 0.2) is 53.3 Å². The molecule has 11 heteroatoms. The highest BCUT2D eigenvalue weighted by atomic mass is 79.9. The van der Waals surface area contributed by atoms with E-state index in [1.165, 1.54) is 0 Å². The van der Waals surface area contributed by atoms with Crippen LogP contribution in [0.3, 0.4) is 0 Å². The van der Waals surface area contributed by atoms with Gasteiger partial charge in [0.1, 0.15) is 6.33 Å². The molecule has 0 saturated carbocycles. The number of aromatic nitrogens is 2. The number of hydrogen-bond donors (Lipinski definition) is 3. The molecule has 3 N–H and O–H groups in total. The Morgan fingerprint density at radius 1 is 1.14 bits per heavy atom. The summed E-state index contributed by atoms with van der Waals surface area (Å²) in [6.07, 6.45) is 1.14. The summed E-state index contributed by atoms with van der Waals surface area (Å²) in [5, 5.41) is 15.0. The average Bonchev–Trinajstić information content (AvgIpc) is 2.69. The van der Waals surface area contributed by atoms with Crippen molar-refractivity contribution in [3.63, 3.8) is 0 Å². The molecule has 1 heterocycles. The van der Waals surface area contributed by atoms with Crippen molar-refractivity contribution >= 4 is 56.4 Å². The topological polar surface area (TPSA) is 122 Å². The molecule has 0 unspecified atom stereocenters. The van der Waals surface area contributed by atoms with Gasteiger partial charge in [-0.2, -0.15) is 0 Å². The number of nitro groups is 1. The van der Waals surface area contributed by atoms with Crippen LogP contribution in [0.2, 0.25) is 5.02 Å². The highest BCUT2D eigenvalue weighted by molar-refractivity contribution is 9.10. The molecule has 0 bridgehead atoms. The van der Waals surface area contributed by atoms with Gasteiger partial charge in [0.2, 0.25) is 11.6 Å². The lowest BCUT2D eigenvalue weighted by Gasteiger charge is -2.12. The van der Waals surface area contributed by atoms with E-state index >= 15 is 0 Å². The highest BCUT2D eigenvalue weighted by Gasteiger charge is 2.24. The number of nitrogens with one attached hydrogen (secondary N) is 3. The van der Waals surface area contributed by atoms with Crippen molar-refractivity contribution in [3.8, 4) is 0 Å². The SMILES string of the molecule is Cc1ccc(Cl)cc1Nc1ncnc(NNC(=O)c2ccc(Br)cc2)c1[N+](=O)[O-]. The molecule has 1 amide bonds. The first-order chi connectivity index (χ1) is 13.8. The summed E-state index contributed by atoms with van der Waals surface area (Å²) in [6.45, 7) is 1.82. The third kappa shape index (κ3) is 4.98. The van der Waals surface area contributed by atoms with Crippen molar-refractivity contribution in [2.24, 2.45) is 0 Å². The van der Waals surface area contributed by atoms with E-state index in [-0.39, 0.29) is 11.6 Å². The maximum atomic E-state index is 12.2.